The molecular formula is C18H33N3. The van der Waals surface area contributed by atoms with E-state index in [4.69, 9.17) is 0 Å². The summed E-state index contributed by atoms with van der Waals surface area (Å²) in [5, 5.41) is 3.53. The average molecular weight is 291 g/mol. The summed E-state index contributed by atoms with van der Waals surface area (Å²) >= 11 is 0. The third kappa shape index (κ3) is 6.96. The molecule has 0 saturated carbocycles. The number of nitrogens with one attached hydrogen (secondary N) is 1. The van der Waals surface area contributed by atoms with Crippen LogP contribution >= 0.6 is 0 Å². The van der Waals surface area contributed by atoms with Crippen LogP contribution in [0.3, 0.4) is 0 Å². The van der Waals surface area contributed by atoms with E-state index in [1.807, 2.05) is 0 Å². The lowest BCUT2D eigenvalue weighted by molar-refractivity contribution is 0.205. The van der Waals surface area contributed by atoms with E-state index in [0.29, 0.717) is 6.04 Å². The molecule has 0 radical (unpaired) electrons. The summed E-state index contributed by atoms with van der Waals surface area (Å²) in [4.78, 5) is 5.07. The number of rotatable bonds is 11. The van der Waals surface area contributed by atoms with E-state index in [-0.39, 0.29) is 0 Å². The molecule has 0 fully saturated rings. The SMILES string of the molecule is CCN(CC)CCCN(CC)C(C)CNc1ccccc1. The highest BCUT2D eigenvalue weighted by molar-refractivity contribution is 5.42. The summed E-state index contributed by atoms with van der Waals surface area (Å²) in [6, 6.07) is 11.0. The third-order valence-electron chi connectivity index (χ3n) is 4.22. The van der Waals surface area contributed by atoms with Gasteiger partial charge >= 0.3 is 0 Å². The van der Waals surface area contributed by atoms with Crippen molar-refractivity contribution in [2.24, 2.45) is 0 Å². The molecule has 1 aromatic carbocycles. The Bertz CT molecular complexity index is 349. The second-order valence-corrected chi connectivity index (χ2v) is 5.60. The molecule has 0 saturated heterocycles. The monoisotopic (exact) mass is 291 g/mol. The van der Waals surface area contributed by atoms with Crippen LogP contribution in [-0.4, -0.2) is 55.1 Å². The van der Waals surface area contributed by atoms with Gasteiger partial charge in [-0.3, -0.25) is 4.90 Å². The lowest BCUT2D eigenvalue weighted by Gasteiger charge is -2.29. The van der Waals surface area contributed by atoms with Crippen molar-refractivity contribution < 1.29 is 0 Å². The normalized spacial score (nSPS) is 12.9. The smallest absolute Gasteiger partial charge is 0.0340 e. The van der Waals surface area contributed by atoms with Crippen LogP contribution in [0.4, 0.5) is 5.69 Å². The van der Waals surface area contributed by atoms with Crippen molar-refractivity contribution in [2.75, 3.05) is 44.6 Å². The van der Waals surface area contributed by atoms with Gasteiger partial charge in [0, 0.05) is 18.3 Å². The Kier molecular flexibility index (Phi) is 9.11. The molecular weight excluding hydrogens is 258 g/mol. The molecule has 0 aliphatic heterocycles. The first-order valence-corrected chi connectivity index (χ1v) is 8.46. The van der Waals surface area contributed by atoms with Crippen LogP contribution in [0.25, 0.3) is 0 Å². The van der Waals surface area contributed by atoms with Crippen LogP contribution in [-0.2, 0) is 0 Å². The van der Waals surface area contributed by atoms with Crippen LogP contribution in [0.15, 0.2) is 30.3 Å². The molecule has 0 heterocycles. The largest absolute Gasteiger partial charge is 0.383 e. The van der Waals surface area contributed by atoms with Crippen molar-refractivity contribution >= 4 is 5.69 Å². The molecule has 0 aromatic heterocycles. The minimum Gasteiger partial charge on any atom is -0.383 e. The fourth-order valence-corrected chi connectivity index (χ4v) is 2.68. The van der Waals surface area contributed by atoms with Gasteiger partial charge in [-0.15, -0.1) is 0 Å². The summed E-state index contributed by atoms with van der Waals surface area (Å²) in [5.41, 5.74) is 1.21. The summed E-state index contributed by atoms with van der Waals surface area (Å²) in [5.74, 6) is 0. The van der Waals surface area contributed by atoms with Crippen LogP contribution in [0.5, 0.6) is 0 Å². The highest BCUT2D eigenvalue weighted by Crippen LogP contribution is 2.07. The van der Waals surface area contributed by atoms with E-state index in [0.717, 1.165) is 26.2 Å². The Balaban J connectivity index is 2.30. The highest BCUT2D eigenvalue weighted by Gasteiger charge is 2.11. The molecule has 120 valence electrons. The number of para-hydroxylation sites is 1. The Morgan fingerprint density at radius 1 is 0.952 bits per heavy atom. The number of anilines is 1. The third-order valence-corrected chi connectivity index (χ3v) is 4.22. The molecule has 0 bridgehead atoms. The van der Waals surface area contributed by atoms with Crippen LogP contribution in [0, 0.1) is 0 Å². The van der Waals surface area contributed by atoms with Crippen molar-refractivity contribution in [3.8, 4) is 0 Å². The predicted molar refractivity (Wildman–Crippen MR) is 94.0 cm³/mol. The molecule has 0 spiro atoms. The summed E-state index contributed by atoms with van der Waals surface area (Å²) in [6.07, 6.45) is 1.26. The van der Waals surface area contributed by atoms with Crippen molar-refractivity contribution in [3.05, 3.63) is 30.3 Å². The maximum Gasteiger partial charge on any atom is 0.0340 e. The lowest BCUT2D eigenvalue weighted by Crippen LogP contribution is -2.39. The van der Waals surface area contributed by atoms with Gasteiger partial charge in [-0.05, 0) is 58.2 Å². The zero-order valence-electron chi connectivity index (χ0n) is 14.3. The van der Waals surface area contributed by atoms with Crippen molar-refractivity contribution in [1.82, 2.24) is 9.80 Å². The molecule has 1 aromatic rings. The molecule has 1 N–H and O–H groups in total. The van der Waals surface area contributed by atoms with Crippen LogP contribution < -0.4 is 5.32 Å². The zero-order valence-corrected chi connectivity index (χ0v) is 14.3. The van der Waals surface area contributed by atoms with Gasteiger partial charge in [-0.1, -0.05) is 39.0 Å². The predicted octanol–water partition coefficient (Wildman–Crippen LogP) is 3.54. The van der Waals surface area contributed by atoms with Crippen molar-refractivity contribution in [2.45, 2.75) is 40.2 Å². The molecule has 0 aliphatic carbocycles. The van der Waals surface area contributed by atoms with Gasteiger partial charge < -0.3 is 10.2 Å². The minimum atomic E-state index is 0.562. The molecule has 3 heteroatoms. The van der Waals surface area contributed by atoms with Gasteiger partial charge in [0.1, 0.15) is 0 Å². The van der Waals surface area contributed by atoms with E-state index >= 15 is 0 Å². The fraction of sp³-hybridized carbons (Fsp3) is 0.667. The second kappa shape index (κ2) is 10.6. The van der Waals surface area contributed by atoms with E-state index < -0.39 is 0 Å². The Morgan fingerprint density at radius 2 is 1.62 bits per heavy atom. The lowest BCUT2D eigenvalue weighted by atomic mass is 10.2. The van der Waals surface area contributed by atoms with E-state index in [1.165, 1.54) is 25.2 Å². The molecule has 1 rings (SSSR count). The Morgan fingerprint density at radius 3 is 2.19 bits per heavy atom. The highest BCUT2D eigenvalue weighted by atomic mass is 15.2. The van der Waals surface area contributed by atoms with E-state index in [2.05, 4.69) is 73.1 Å². The quantitative estimate of drug-likeness (QED) is 0.673. The molecule has 1 unspecified atom stereocenters. The van der Waals surface area contributed by atoms with E-state index in [9.17, 15) is 0 Å². The fourth-order valence-electron chi connectivity index (χ4n) is 2.68. The van der Waals surface area contributed by atoms with Crippen LogP contribution in [0.2, 0.25) is 0 Å². The second-order valence-electron chi connectivity index (χ2n) is 5.60. The Hall–Kier alpha value is -1.06. The summed E-state index contributed by atoms with van der Waals surface area (Å²) in [7, 11) is 0. The first kappa shape index (κ1) is 18.0. The van der Waals surface area contributed by atoms with Gasteiger partial charge in [0.25, 0.3) is 0 Å². The molecule has 0 aliphatic rings. The van der Waals surface area contributed by atoms with Gasteiger partial charge in [0.2, 0.25) is 0 Å². The van der Waals surface area contributed by atoms with Gasteiger partial charge in [-0.2, -0.15) is 0 Å². The minimum absolute atomic E-state index is 0.562. The molecule has 3 nitrogen and oxygen atoms in total. The zero-order chi connectivity index (χ0) is 15.5. The maximum atomic E-state index is 3.53. The summed E-state index contributed by atoms with van der Waals surface area (Å²) < 4.78 is 0. The first-order valence-electron chi connectivity index (χ1n) is 8.46. The van der Waals surface area contributed by atoms with Gasteiger partial charge in [0.05, 0.1) is 0 Å². The molecule has 0 amide bonds. The van der Waals surface area contributed by atoms with Crippen molar-refractivity contribution in [3.63, 3.8) is 0 Å². The Labute approximate surface area is 131 Å². The van der Waals surface area contributed by atoms with Crippen LogP contribution in [0.1, 0.15) is 34.1 Å². The topological polar surface area (TPSA) is 18.5 Å². The molecule has 1 atom stereocenters. The number of likely N-dealkylation sites (N-methyl/N-ethyl adjacent to an activating group) is 1. The molecule has 21 heavy (non-hydrogen) atoms. The summed E-state index contributed by atoms with van der Waals surface area (Å²) in [6.45, 7) is 15.9. The number of hydrogen-bond donors (Lipinski definition) is 1. The maximum absolute atomic E-state index is 3.53. The van der Waals surface area contributed by atoms with Gasteiger partial charge in [0.15, 0.2) is 0 Å². The number of hydrogen-bond acceptors (Lipinski definition) is 3. The van der Waals surface area contributed by atoms with Gasteiger partial charge in [-0.25, -0.2) is 0 Å². The number of benzene rings is 1. The average Bonchev–Trinajstić information content (AvgIpc) is 2.54. The standard InChI is InChI=1S/C18H33N3/c1-5-20(6-2)14-11-15-21(7-3)17(4)16-19-18-12-9-8-10-13-18/h8-10,12-13,17,19H,5-7,11,14-16H2,1-4H3. The first-order chi connectivity index (χ1) is 10.2. The van der Waals surface area contributed by atoms with E-state index in [1.54, 1.807) is 0 Å². The van der Waals surface area contributed by atoms with Crippen molar-refractivity contribution in [1.29, 1.82) is 0 Å². The number of nitrogens with zero attached hydrogens (tertiary/aromatic N) is 2.